The zero-order chi connectivity index (χ0) is 10.2. The van der Waals surface area contributed by atoms with E-state index in [4.69, 9.17) is 10.5 Å². The van der Waals surface area contributed by atoms with Gasteiger partial charge >= 0.3 is 0 Å². The van der Waals surface area contributed by atoms with E-state index in [1.54, 1.807) is 7.11 Å². The van der Waals surface area contributed by atoms with Crippen LogP contribution in [0.3, 0.4) is 0 Å². The molecule has 1 rings (SSSR count). The molecule has 1 heterocycles. The summed E-state index contributed by atoms with van der Waals surface area (Å²) in [6.45, 7) is 1.64. The maximum Gasteiger partial charge on any atom is 0.214 e. The highest BCUT2D eigenvalue weighted by molar-refractivity contribution is 5.36. The molecule has 0 aliphatic heterocycles. The Hall–Kier alpha value is -1.29. The Morgan fingerprint density at radius 1 is 1.43 bits per heavy atom. The van der Waals surface area contributed by atoms with Crippen molar-refractivity contribution in [3.63, 3.8) is 0 Å². The van der Waals surface area contributed by atoms with E-state index in [0.29, 0.717) is 5.88 Å². The number of rotatable bonds is 6. The lowest BCUT2D eigenvalue weighted by molar-refractivity contribution is 0.398. The normalized spacial score (nSPS) is 9.86. The van der Waals surface area contributed by atoms with Crippen molar-refractivity contribution in [2.75, 3.05) is 25.5 Å². The minimum atomic E-state index is 0.633. The number of anilines is 1. The van der Waals surface area contributed by atoms with Crippen LogP contribution in [-0.2, 0) is 0 Å². The second kappa shape index (κ2) is 6.21. The summed E-state index contributed by atoms with van der Waals surface area (Å²) in [6.07, 6.45) is 2.10. The molecule has 0 radical (unpaired) electrons. The van der Waals surface area contributed by atoms with E-state index in [2.05, 4.69) is 10.3 Å². The van der Waals surface area contributed by atoms with Gasteiger partial charge in [0, 0.05) is 12.6 Å². The Morgan fingerprint density at radius 2 is 2.29 bits per heavy atom. The highest BCUT2D eigenvalue weighted by atomic mass is 16.5. The molecule has 0 saturated heterocycles. The van der Waals surface area contributed by atoms with E-state index in [1.165, 1.54) is 0 Å². The molecule has 0 bridgehead atoms. The van der Waals surface area contributed by atoms with Gasteiger partial charge in [0.2, 0.25) is 5.88 Å². The van der Waals surface area contributed by atoms with Crippen molar-refractivity contribution in [2.45, 2.75) is 12.8 Å². The molecular formula is C10H17N3O. The second-order valence-corrected chi connectivity index (χ2v) is 2.99. The summed E-state index contributed by atoms with van der Waals surface area (Å²) >= 11 is 0. The molecule has 1 aromatic rings. The minimum Gasteiger partial charge on any atom is -0.481 e. The van der Waals surface area contributed by atoms with Crippen LogP contribution < -0.4 is 15.8 Å². The first-order valence-electron chi connectivity index (χ1n) is 4.82. The molecule has 0 atom stereocenters. The standard InChI is InChI=1S/C10H17N3O/c1-14-10-6-4-5-9(13-10)12-8-3-2-7-11/h4-6H,2-3,7-8,11H2,1H3,(H,12,13). The van der Waals surface area contributed by atoms with Crippen molar-refractivity contribution in [3.05, 3.63) is 18.2 Å². The molecule has 0 amide bonds. The van der Waals surface area contributed by atoms with Gasteiger partial charge in [-0.2, -0.15) is 4.98 Å². The van der Waals surface area contributed by atoms with Crippen LogP contribution in [0.5, 0.6) is 5.88 Å². The van der Waals surface area contributed by atoms with Crippen LogP contribution in [-0.4, -0.2) is 25.2 Å². The van der Waals surface area contributed by atoms with Gasteiger partial charge in [0.15, 0.2) is 0 Å². The number of pyridine rings is 1. The van der Waals surface area contributed by atoms with E-state index < -0.39 is 0 Å². The Kier molecular flexibility index (Phi) is 4.78. The number of nitrogens with one attached hydrogen (secondary N) is 1. The van der Waals surface area contributed by atoms with Crippen LogP contribution in [0.15, 0.2) is 18.2 Å². The zero-order valence-electron chi connectivity index (χ0n) is 8.49. The number of hydrogen-bond acceptors (Lipinski definition) is 4. The molecule has 0 aliphatic carbocycles. The lowest BCUT2D eigenvalue weighted by Gasteiger charge is -2.05. The molecule has 0 spiro atoms. The fourth-order valence-electron chi connectivity index (χ4n) is 1.11. The molecule has 4 nitrogen and oxygen atoms in total. The van der Waals surface area contributed by atoms with Crippen LogP contribution in [0.25, 0.3) is 0 Å². The lowest BCUT2D eigenvalue weighted by Crippen LogP contribution is -2.06. The van der Waals surface area contributed by atoms with E-state index >= 15 is 0 Å². The smallest absolute Gasteiger partial charge is 0.214 e. The summed E-state index contributed by atoms with van der Waals surface area (Å²) in [5.41, 5.74) is 5.39. The largest absolute Gasteiger partial charge is 0.481 e. The fraction of sp³-hybridized carbons (Fsp3) is 0.500. The summed E-state index contributed by atoms with van der Waals surface area (Å²) in [5.74, 6) is 1.48. The summed E-state index contributed by atoms with van der Waals surface area (Å²) in [7, 11) is 1.61. The van der Waals surface area contributed by atoms with Crippen molar-refractivity contribution in [1.29, 1.82) is 0 Å². The topological polar surface area (TPSA) is 60.2 Å². The molecule has 0 aliphatic rings. The predicted molar refractivity (Wildman–Crippen MR) is 57.6 cm³/mol. The molecule has 0 saturated carbocycles. The first-order chi connectivity index (χ1) is 6.86. The molecule has 0 fully saturated rings. The summed E-state index contributed by atoms with van der Waals surface area (Å²) in [4.78, 5) is 4.22. The highest BCUT2D eigenvalue weighted by Crippen LogP contribution is 2.10. The number of methoxy groups -OCH3 is 1. The molecule has 78 valence electrons. The summed E-state index contributed by atoms with van der Waals surface area (Å²) in [5, 5.41) is 3.21. The minimum absolute atomic E-state index is 0.633. The number of unbranched alkanes of at least 4 members (excludes halogenated alkanes) is 1. The highest BCUT2D eigenvalue weighted by Gasteiger charge is 1.95. The summed E-state index contributed by atoms with van der Waals surface area (Å²) < 4.78 is 5.01. The van der Waals surface area contributed by atoms with Crippen LogP contribution in [0.2, 0.25) is 0 Å². The second-order valence-electron chi connectivity index (χ2n) is 2.99. The van der Waals surface area contributed by atoms with Crippen molar-refractivity contribution in [2.24, 2.45) is 5.73 Å². The number of hydrogen-bond donors (Lipinski definition) is 2. The Morgan fingerprint density at radius 3 is 3.00 bits per heavy atom. The van der Waals surface area contributed by atoms with E-state index in [0.717, 1.165) is 31.7 Å². The quantitative estimate of drug-likeness (QED) is 0.670. The van der Waals surface area contributed by atoms with Crippen LogP contribution in [0.4, 0.5) is 5.82 Å². The monoisotopic (exact) mass is 195 g/mol. The third-order valence-electron chi connectivity index (χ3n) is 1.87. The zero-order valence-corrected chi connectivity index (χ0v) is 8.49. The Bertz CT molecular complexity index is 265. The van der Waals surface area contributed by atoms with Gasteiger partial charge in [0.05, 0.1) is 7.11 Å². The van der Waals surface area contributed by atoms with Gasteiger partial charge in [-0.1, -0.05) is 6.07 Å². The number of ether oxygens (including phenoxy) is 1. The van der Waals surface area contributed by atoms with Crippen LogP contribution in [0.1, 0.15) is 12.8 Å². The van der Waals surface area contributed by atoms with E-state index in [9.17, 15) is 0 Å². The summed E-state index contributed by atoms with van der Waals surface area (Å²) in [6, 6.07) is 5.66. The number of nitrogens with zero attached hydrogens (tertiary/aromatic N) is 1. The van der Waals surface area contributed by atoms with Gasteiger partial charge in [0.1, 0.15) is 5.82 Å². The van der Waals surface area contributed by atoms with Gasteiger partial charge in [-0.3, -0.25) is 0 Å². The Balaban J connectivity index is 2.34. The van der Waals surface area contributed by atoms with Crippen molar-refractivity contribution < 1.29 is 4.74 Å². The maximum atomic E-state index is 5.39. The van der Waals surface area contributed by atoms with Crippen molar-refractivity contribution >= 4 is 5.82 Å². The molecular weight excluding hydrogens is 178 g/mol. The molecule has 0 aromatic carbocycles. The average molecular weight is 195 g/mol. The Labute approximate surface area is 84.5 Å². The van der Waals surface area contributed by atoms with Crippen molar-refractivity contribution in [1.82, 2.24) is 4.98 Å². The van der Waals surface area contributed by atoms with Gasteiger partial charge in [-0.15, -0.1) is 0 Å². The SMILES string of the molecule is COc1cccc(NCCCCN)n1. The molecule has 0 unspecified atom stereocenters. The van der Waals surface area contributed by atoms with Crippen LogP contribution in [0, 0.1) is 0 Å². The van der Waals surface area contributed by atoms with E-state index in [-0.39, 0.29) is 0 Å². The average Bonchev–Trinajstić information content (AvgIpc) is 2.25. The predicted octanol–water partition coefficient (Wildman–Crippen LogP) is 1.24. The first kappa shape index (κ1) is 10.8. The molecule has 1 aromatic heterocycles. The molecule has 3 N–H and O–H groups in total. The fourth-order valence-corrected chi connectivity index (χ4v) is 1.11. The van der Waals surface area contributed by atoms with Gasteiger partial charge in [0.25, 0.3) is 0 Å². The van der Waals surface area contributed by atoms with Crippen LogP contribution >= 0.6 is 0 Å². The third-order valence-corrected chi connectivity index (χ3v) is 1.87. The van der Waals surface area contributed by atoms with E-state index in [1.807, 2.05) is 18.2 Å². The third kappa shape index (κ3) is 3.62. The number of aromatic nitrogens is 1. The molecule has 4 heteroatoms. The first-order valence-corrected chi connectivity index (χ1v) is 4.82. The van der Waals surface area contributed by atoms with Gasteiger partial charge in [-0.05, 0) is 25.5 Å². The van der Waals surface area contributed by atoms with Gasteiger partial charge < -0.3 is 15.8 Å². The van der Waals surface area contributed by atoms with Crippen molar-refractivity contribution in [3.8, 4) is 5.88 Å². The maximum absolute atomic E-state index is 5.39. The number of nitrogens with two attached hydrogens (primary N) is 1. The molecule has 14 heavy (non-hydrogen) atoms. The lowest BCUT2D eigenvalue weighted by atomic mass is 10.3. The van der Waals surface area contributed by atoms with Gasteiger partial charge in [-0.25, -0.2) is 0 Å².